The maximum Gasteiger partial charge on any atom is 0.431 e. The Bertz CT molecular complexity index is 1050. The summed E-state index contributed by atoms with van der Waals surface area (Å²) in [6.45, 7) is 0. The molecule has 3 N–H and O–H groups in total. The molecule has 10 heteroatoms. The Balaban J connectivity index is 1.75. The SMILES string of the molecule is N=C(/C=C(\Nc1ccc(C(=O)Nc2ccncc2)nc1)C(F)(F)F)c1cccnc1. The van der Waals surface area contributed by atoms with Crippen molar-refractivity contribution < 1.29 is 18.0 Å². The van der Waals surface area contributed by atoms with Crippen LogP contribution in [-0.2, 0) is 0 Å². The van der Waals surface area contributed by atoms with Crippen LogP contribution in [0.15, 0.2) is 79.2 Å². The van der Waals surface area contributed by atoms with Gasteiger partial charge in [-0.05, 0) is 42.5 Å². The molecule has 0 atom stereocenters. The summed E-state index contributed by atoms with van der Waals surface area (Å²) < 4.78 is 40.2. The van der Waals surface area contributed by atoms with E-state index in [4.69, 9.17) is 5.41 Å². The first kappa shape index (κ1) is 20.6. The normalized spacial score (nSPS) is 11.6. The summed E-state index contributed by atoms with van der Waals surface area (Å²) >= 11 is 0. The Hall–Kier alpha value is -4.08. The number of hydrogen-bond donors (Lipinski definition) is 3. The Morgan fingerprint density at radius 2 is 1.70 bits per heavy atom. The molecule has 0 aromatic carbocycles. The molecule has 3 heterocycles. The minimum atomic E-state index is -4.73. The third-order valence-corrected chi connectivity index (χ3v) is 3.78. The summed E-state index contributed by atoms with van der Waals surface area (Å²) in [4.78, 5) is 23.7. The van der Waals surface area contributed by atoms with Gasteiger partial charge in [-0.25, -0.2) is 4.98 Å². The highest BCUT2D eigenvalue weighted by Gasteiger charge is 2.34. The Labute approximate surface area is 169 Å². The van der Waals surface area contributed by atoms with Crippen LogP contribution in [0.25, 0.3) is 0 Å². The number of anilines is 2. The summed E-state index contributed by atoms with van der Waals surface area (Å²) in [5.41, 5.74) is -0.718. The standard InChI is InChI=1S/C20H15F3N6O/c21-20(22,23)18(10-16(24)13-2-1-7-26-11-13)28-15-3-4-17(27-12-15)19(30)29-14-5-8-25-9-6-14/h1-12,24,28H,(H,25,29,30)/b18-10-,24-16?. The van der Waals surface area contributed by atoms with Crippen molar-refractivity contribution in [2.24, 2.45) is 0 Å². The van der Waals surface area contributed by atoms with Crippen molar-refractivity contribution in [1.82, 2.24) is 15.0 Å². The van der Waals surface area contributed by atoms with Gasteiger partial charge in [-0.3, -0.25) is 14.8 Å². The van der Waals surface area contributed by atoms with Crippen molar-refractivity contribution in [2.75, 3.05) is 10.6 Å². The van der Waals surface area contributed by atoms with E-state index >= 15 is 0 Å². The van der Waals surface area contributed by atoms with Crippen LogP contribution < -0.4 is 10.6 Å². The third kappa shape index (κ3) is 5.47. The second-order valence-corrected chi connectivity index (χ2v) is 5.96. The van der Waals surface area contributed by atoms with E-state index in [1.165, 1.54) is 49.1 Å². The van der Waals surface area contributed by atoms with Gasteiger partial charge >= 0.3 is 6.18 Å². The molecule has 0 radical (unpaired) electrons. The van der Waals surface area contributed by atoms with Gasteiger partial charge in [0, 0.05) is 36.0 Å². The molecule has 0 bridgehead atoms. The average molecular weight is 412 g/mol. The molecule has 0 aliphatic carbocycles. The molecule has 30 heavy (non-hydrogen) atoms. The number of allylic oxidation sites excluding steroid dienone is 2. The number of halogens is 3. The van der Waals surface area contributed by atoms with Gasteiger partial charge in [-0.1, -0.05) is 0 Å². The van der Waals surface area contributed by atoms with E-state index < -0.39 is 17.8 Å². The van der Waals surface area contributed by atoms with Crippen LogP contribution in [0.4, 0.5) is 24.5 Å². The number of pyridine rings is 3. The van der Waals surface area contributed by atoms with Gasteiger partial charge in [0.1, 0.15) is 11.4 Å². The first-order valence-electron chi connectivity index (χ1n) is 8.55. The van der Waals surface area contributed by atoms with Crippen LogP contribution in [0.3, 0.4) is 0 Å². The van der Waals surface area contributed by atoms with Crippen LogP contribution in [0.5, 0.6) is 0 Å². The van der Waals surface area contributed by atoms with E-state index in [1.54, 1.807) is 12.1 Å². The number of nitrogens with zero attached hydrogens (tertiary/aromatic N) is 3. The van der Waals surface area contributed by atoms with Crippen molar-refractivity contribution in [3.05, 3.63) is 90.4 Å². The van der Waals surface area contributed by atoms with E-state index in [0.29, 0.717) is 11.8 Å². The second-order valence-electron chi connectivity index (χ2n) is 5.96. The first-order chi connectivity index (χ1) is 14.3. The van der Waals surface area contributed by atoms with Gasteiger partial charge in [0.15, 0.2) is 0 Å². The predicted octanol–water partition coefficient (Wildman–Crippen LogP) is 4.05. The third-order valence-electron chi connectivity index (χ3n) is 3.78. The molecule has 3 rings (SSSR count). The minimum Gasteiger partial charge on any atom is -0.350 e. The molecule has 152 valence electrons. The quantitative estimate of drug-likeness (QED) is 0.530. The molecule has 3 aromatic rings. The zero-order valence-corrected chi connectivity index (χ0v) is 15.3. The molecule has 0 spiro atoms. The summed E-state index contributed by atoms with van der Waals surface area (Å²) in [6, 6.07) is 8.77. The van der Waals surface area contributed by atoms with E-state index in [-0.39, 0.29) is 22.7 Å². The highest BCUT2D eigenvalue weighted by atomic mass is 19.4. The van der Waals surface area contributed by atoms with E-state index in [9.17, 15) is 18.0 Å². The smallest absolute Gasteiger partial charge is 0.350 e. The van der Waals surface area contributed by atoms with Crippen molar-refractivity contribution in [2.45, 2.75) is 6.18 Å². The van der Waals surface area contributed by atoms with E-state index in [1.807, 2.05) is 0 Å². The summed E-state index contributed by atoms with van der Waals surface area (Å²) in [7, 11) is 0. The number of aromatic nitrogens is 3. The topological polar surface area (TPSA) is 104 Å². The number of hydrogen-bond acceptors (Lipinski definition) is 6. The van der Waals surface area contributed by atoms with Gasteiger partial charge in [-0.15, -0.1) is 0 Å². The molecule has 7 nitrogen and oxygen atoms in total. The molecule has 1 amide bonds. The second kappa shape index (κ2) is 8.95. The van der Waals surface area contributed by atoms with E-state index in [0.717, 1.165) is 6.20 Å². The number of nitrogens with one attached hydrogen (secondary N) is 3. The van der Waals surface area contributed by atoms with Crippen LogP contribution >= 0.6 is 0 Å². The maximum atomic E-state index is 13.4. The lowest BCUT2D eigenvalue weighted by Gasteiger charge is -2.15. The Morgan fingerprint density at radius 1 is 0.933 bits per heavy atom. The van der Waals surface area contributed by atoms with Crippen LogP contribution in [0.1, 0.15) is 16.1 Å². The zero-order chi connectivity index (χ0) is 21.6. The van der Waals surface area contributed by atoms with Gasteiger partial charge in [0.2, 0.25) is 0 Å². The molecule has 3 aromatic heterocycles. The lowest BCUT2D eigenvalue weighted by atomic mass is 10.1. The summed E-state index contributed by atoms with van der Waals surface area (Å²) in [5, 5.41) is 12.7. The highest BCUT2D eigenvalue weighted by Crippen LogP contribution is 2.27. The molecule has 0 aliphatic heterocycles. The summed E-state index contributed by atoms with van der Waals surface area (Å²) in [6.07, 6.45) is 2.81. The molecular formula is C20H15F3N6O. The predicted molar refractivity (Wildman–Crippen MR) is 105 cm³/mol. The number of rotatable bonds is 6. The van der Waals surface area contributed by atoms with Crippen molar-refractivity contribution in [3.8, 4) is 0 Å². The largest absolute Gasteiger partial charge is 0.431 e. The lowest BCUT2D eigenvalue weighted by Crippen LogP contribution is -2.21. The monoisotopic (exact) mass is 412 g/mol. The number of carbonyl (C=O) groups is 1. The number of amides is 1. The van der Waals surface area contributed by atoms with E-state index in [2.05, 4.69) is 25.6 Å². The average Bonchev–Trinajstić information content (AvgIpc) is 2.74. The molecule has 0 saturated carbocycles. The molecule has 0 fully saturated rings. The van der Waals surface area contributed by atoms with Gasteiger partial charge < -0.3 is 16.0 Å². The molecular weight excluding hydrogens is 397 g/mol. The Kier molecular flexibility index (Phi) is 6.16. The van der Waals surface area contributed by atoms with Gasteiger partial charge in [0.05, 0.1) is 17.6 Å². The van der Waals surface area contributed by atoms with Gasteiger partial charge in [-0.2, -0.15) is 13.2 Å². The lowest BCUT2D eigenvalue weighted by molar-refractivity contribution is -0.0901. The fraction of sp³-hybridized carbons (Fsp3) is 0.0500. The summed E-state index contributed by atoms with van der Waals surface area (Å²) in [5.74, 6) is -0.516. The van der Waals surface area contributed by atoms with Gasteiger partial charge in [0.25, 0.3) is 5.91 Å². The number of alkyl halides is 3. The fourth-order valence-corrected chi connectivity index (χ4v) is 2.33. The van der Waals surface area contributed by atoms with Crippen molar-refractivity contribution in [3.63, 3.8) is 0 Å². The minimum absolute atomic E-state index is 0.0121. The zero-order valence-electron chi connectivity index (χ0n) is 15.3. The molecule has 0 saturated heterocycles. The fourth-order valence-electron chi connectivity index (χ4n) is 2.33. The molecule has 0 unspecified atom stereocenters. The van der Waals surface area contributed by atoms with Crippen LogP contribution in [-0.4, -0.2) is 32.7 Å². The van der Waals surface area contributed by atoms with Crippen LogP contribution in [0, 0.1) is 5.41 Å². The molecule has 0 aliphatic rings. The van der Waals surface area contributed by atoms with Crippen molar-refractivity contribution in [1.29, 1.82) is 5.41 Å². The Morgan fingerprint density at radius 3 is 2.30 bits per heavy atom. The first-order valence-corrected chi connectivity index (χ1v) is 8.55. The van der Waals surface area contributed by atoms with Crippen molar-refractivity contribution >= 4 is 23.0 Å². The number of carbonyl (C=O) groups excluding carboxylic acids is 1. The highest BCUT2D eigenvalue weighted by molar-refractivity contribution is 6.07. The maximum absolute atomic E-state index is 13.4. The van der Waals surface area contributed by atoms with Crippen LogP contribution in [0.2, 0.25) is 0 Å².